The molecule has 5 rings (SSSR count). The van der Waals surface area contributed by atoms with Crippen LogP contribution in [0.3, 0.4) is 0 Å². The van der Waals surface area contributed by atoms with Gasteiger partial charge in [-0.2, -0.15) is 31.4 Å². The summed E-state index contributed by atoms with van der Waals surface area (Å²) in [7, 11) is 0. The van der Waals surface area contributed by atoms with Gasteiger partial charge in [-0.05, 0) is 37.1 Å². The number of nitrogens with zero attached hydrogens (tertiary/aromatic N) is 5. The molecule has 1 aliphatic rings. The molecule has 3 heterocycles. The molecular formula is C19H11F6N5O. The first-order valence-corrected chi connectivity index (χ1v) is 9.08. The zero-order chi connectivity index (χ0) is 22.0. The maximum atomic E-state index is 13.5. The lowest BCUT2D eigenvalue weighted by Crippen LogP contribution is -2.14. The molecule has 12 heteroatoms. The van der Waals surface area contributed by atoms with E-state index in [2.05, 4.69) is 20.3 Å². The predicted octanol–water partition coefficient (Wildman–Crippen LogP) is 5.36. The molecule has 160 valence electrons. The van der Waals surface area contributed by atoms with E-state index < -0.39 is 23.6 Å². The molecule has 0 N–H and O–H groups in total. The normalized spacial score (nSPS) is 15.0. The molecule has 6 nitrogen and oxygen atoms in total. The summed E-state index contributed by atoms with van der Waals surface area (Å²) in [4.78, 5) is 4.30. The van der Waals surface area contributed by atoms with Crippen molar-refractivity contribution in [1.82, 2.24) is 24.8 Å². The van der Waals surface area contributed by atoms with Crippen molar-refractivity contribution in [3.05, 3.63) is 53.5 Å². The van der Waals surface area contributed by atoms with Gasteiger partial charge < -0.3 is 4.42 Å². The van der Waals surface area contributed by atoms with E-state index in [-0.39, 0.29) is 34.5 Å². The van der Waals surface area contributed by atoms with E-state index in [4.69, 9.17) is 4.42 Å². The first-order chi connectivity index (χ1) is 14.6. The summed E-state index contributed by atoms with van der Waals surface area (Å²) in [6.07, 6.45) is -6.63. The Hall–Kier alpha value is -3.44. The highest BCUT2D eigenvalue weighted by molar-refractivity contribution is 5.72. The summed E-state index contributed by atoms with van der Waals surface area (Å²) in [5, 5.41) is 11.3. The molecule has 0 aliphatic heterocycles. The maximum absolute atomic E-state index is 13.5. The number of halogens is 6. The molecule has 0 saturated heterocycles. The third-order valence-corrected chi connectivity index (χ3v) is 4.87. The summed E-state index contributed by atoms with van der Waals surface area (Å²) in [6, 6.07) is 5.26. The first-order valence-electron chi connectivity index (χ1n) is 9.08. The van der Waals surface area contributed by atoms with Crippen molar-refractivity contribution in [3.63, 3.8) is 0 Å². The van der Waals surface area contributed by atoms with E-state index in [1.807, 2.05) is 0 Å². The minimum Gasteiger partial charge on any atom is -0.416 e. The monoisotopic (exact) mass is 439 g/mol. The summed E-state index contributed by atoms with van der Waals surface area (Å²) in [5.74, 6) is -0.469. The predicted molar refractivity (Wildman–Crippen MR) is 93.7 cm³/mol. The number of hydrogen-bond donors (Lipinski definition) is 0. The van der Waals surface area contributed by atoms with Gasteiger partial charge in [0.15, 0.2) is 5.65 Å². The Morgan fingerprint density at radius 2 is 1.68 bits per heavy atom. The van der Waals surface area contributed by atoms with Crippen molar-refractivity contribution in [3.8, 4) is 22.9 Å². The highest BCUT2D eigenvalue weighted by Gasteiger charge is 2.38. The molecule has 0 unspecified atom stereocenters. The molecular weight excluding hydrogens is 428 g/mol. The topological polar surface area (TPSA) is 69.1 Å². The van der Waals surface area contributed by atoms with Crippen LogP contribution in [0.15, 0.2) is 40.9 Å². The minimum atomic E-state index is -4.66. The van der Waals surface area contributed by atoms with Crippen LogP contribution in [0, 0.1) is 0 Å². The van der Waals surface area contributed by atoms with Gasteiger partial charge >= 0.3 is 12.4 Å². The second-order valence-electron chi connectivity index (χ2n) is 7.12. The summed E-state index contributed by atoms with van der Waals surface area (Å²) < 4.78 is 85.5. The van der Waals surface area contributed by atoms with Crippen molar-refractivity contribution >= 4 is 5.65 Å². The second-order valence-corrected chi connectivity index (χ2v) is 7.12. The molecule has 1 fully saturated rings. The number of fused-ring (bicyclic) bond motifs is 1. The van der Waals surface area contributed by atoms with Crippen LogP contribution < -0.4 is 0 Å². The fourth-order valence-electron chi connectivity index (χ4n) is 3.20. The Kier molecular flexibility index (Phi) is 4.11. The lowest BCUT2D eigenvalue weighted by molar-refractivity contribution is -0.142. The van der Waals surface area contributed by atoms with Crippen molar-refractivity contribution < 1.29 is 30.8 Å². The summed E-state index contributed by atoms with van der Waals surface area (Å²) >= 11 is 0. The molecule has 31 heavy (non-hydrogen) atoms. The van der Waals surface area contributed by atoms with Gasteiger partial charge in [0.1, 0.15) is 11.3 Å². The Labute approximate surface area is 169 Å². The van der Waals surface area contributed by atoms with Crippen LogP contribution >= 0.6 is 0 Å². The minimum absolute atomic E-state index is 0.0210. The van der Waals surface area contributed by atoms with E-state index >= 15 is 0 Å². The fourth-order valence-corrected chi connectivity index (χ4v) is 3.20. The smallest absolute Gasteiger partial charge is 0.416 e. The van der Waals surface area contributed by atoms with Gasteiger partial charge in [-0.3, -0.25) is 0 Å². The second kappa shape index (κ2) is 6.53. The lowest BCUT2D eigenvalue weighted by atomic mass is 10.1. The van der Waals surface area contributed by atoms with Crippen LogP contribution in [0.1, 0.15) is 35.7 Å². The molecule has 0 atom stereocenters. The quantitative estimate of drug-likeness (QED) is 0.402. The van der Waals surface area contributed by atoms with Gasteiger partial charge in [-0.1, -0.05) is 6.07 Å². The first kappa shape index (κ1) is 19.5. The number of rotatable bonds is 3. The van der Waals surface area contributed by atoms with E-state index in [9.17, 15) is 26.3 Å². The number of hydrogen-bond acceptors (Lipinski definition) is 5. The van der Waals surface area contributed by atoms with Crippen LogP contribution in [-0.2, 0) is 12.4 Å². The van der Waals surface area contributed by atoms with Crippen LogP contribution in [0.2, 0.25) is 0 Å². The van der Waals surface area contributed by atoms with Crippen molar-refractivity contribution in [2.75, 3.05) is 0 Å². The summed E-state index contributed by atoms with van der Waals surface area (Å²) in [6.45, 7) is 0. The Morgan fingerprint density at radius 3 is 2.35 bits per heavy atom. The van der Waals surface area contributed by atoms with Gasteiger partial charge in [0.25, 0.3) is 5.89 Å². The molecule has 1 aliphatic carbocycles. The van der Waals surface area contributed by atoms with Crippen molar-refractivity contribution in [1.29, 1.82) is 0 Å². The zero-order valence-electron chi connectivity index (χ0n) is 15.4. The number of benzene rings is 1. The van der Waals surface area contributed by atoms with Crippen molar-refractivity contribution in [2.45, 2.75) is 31.1 Å². The number of aromatic nitrogens is 5. The SMILES string of the molecule is FC(F)(F)c1cccc(-c2nnc(-c3cnn4c(C(F)(F)F)cc(C5CC5)nc34)o2)c1. The van der Waals surface area contributed by atoms with Gasteiger partial charge in [0.2, 0.25) is 5.89 Å². The van der Waals surface area contributed by atoms with E-state index in [0.717, 1.165) is 37.2 Å². The average molecular weight is 439 g/mol. The molecule has 0 radical (unpaired) electrons. The fraction of sp³-hybridized carbons (Fsp3) is 0.263. The van der Waals surface area contributed by atoms with Gasteiger partial charge in [-0.15, -0.1) is 10.2 Å². The standard InChI is InChI=1S/C19H11F6N5O/c20-18(21,22)11-3-1-2-10(6-11)16-28-29-17(31-16)12-8-26-30-14(19(23,24)25)7-13(9-4-5-9)27-15(12)30/h1-3,6-9H,4-5H2. The molecule has 1 saturated carbocycles. The highest BCUT2D eigenvalue weighted by atomic mass is 19.4. The van der Waals surface area contributed by atoms with Crippen LogP contribution in [-0.4, -0.2) is 24.8 Å². The Bertz CT molecular complexity index is 1290. The number of alkyl halides is 6. The van der Waals surface area contributed by atoms with Gasteiger partial charge in [0.05, 0.1) is 11.8 Å². The van der Waals surface area contributed by atoms with Crippen molar-refractivity contribution in [2.24, 2.45) is 0 Å². The molecule has 0 spiro atoms. The highest BCUT2D eigenvalue weighted by Crippen LogP contribution is 2.42. The maximum Gasteiger partial charge on any atom is 0.433 e. The molecule has 0 amide bonds. The summed E-state index contributed by atoms with van der Waals surface area (Å²) in [5.41, 5.74) is -1.63. The van der Waals surface area contributed by atoms with Crippen LogP contribution in [0.5, 0.6) is 0 Å². The third-order valence-electron chi connectivity index (χ3n) is 4.87. The Balaban J connectivity index is 1.60. The van der Waals surface area contributed by atoms with Gasteiger partial charge in [0, 0.05) is 17.2 Å². The van der Waals surface area contributed by atoms with E-state index in [0.29, 0.717) is 10.2 Å². The Morgan fingerprint density at radius 1 is 0.935 bits per heavy atom. The molecule has 0 bridgehead atoms. The molecule has 1 aromatic carbocycles. The lowest BCUT2D eigenvalue weighted by Gasteiger charge is -2.10. The third kappa shape index (κ3) is 3.51. The van der Waals surface area contributed by atoms with E-state index in [1.54, 1.807) is 0 Å². The zero-order valence-corrected chi connectivity index (χ0v) is 15.4. The van der Waals surface area contributed by atoms with Crippen LogP contribution in [0.4, 0.5) is 26.3 Å². The molecule has 4 aromatic rings. The van der Waals surface area contributed by atoms with Gasteiger partial charge in [-0.25, -0.2) is 9.50 Å². The molecule has 3 aromatic heterocycles. The average Bonchev–Trinajstić information content (AvgIpc) is 3.29. The largest absolute Gasteiger partial charge is 0.433 e. The van der Waals surface area contributed by atoms with Crippen LogP contribution in [0.25, 0.3) is 28.6 Å². The van der Waals surface area contributed by atoms with E-state index in [1.165, 1.54) is 12.1 Å².